The predicted octanol–water partition coefficient (Wildman–Crippen LogP) is 3.65. The van der Waals surface area contributed by atoms with Gasteiger partial charge in [0.2, 0.25) is 0 Å². The molecule has 0 saturated carbocycles. The van der Waals surface area contributed by atoms with Gasteiger partial charge in [-0.25, -0.2) is 0 Å². The molecule has 1 aromatic heterocycles. The normalized spacial score (nSPS) is 10.7. The number of benzene rings is 2. The van der Waals surface area contributed by atoms with Crippen LogP contribution in [-0.4, -0.2) is 39.4 Å². The van der Waals surface area contributed by atoms with Gasteiger partial charge in [-0.3, -0.25) is 4.79 Å². The van der Waals surface area contributed by atoms with E-state index in [1.165, 1.54) is 7.11 Å². The van der Waals surface area contributed by atoms with Crippen LogP contribution in [0.1, 0.15) is 10.4 Å². The molecule has 6 nitrogen and oxygen atoms in total. The minimum Gasteiger partial charge on any atom is -0.497 e. The van der Waals surface area contributed by atoms with Gasteiger partial charge in [-0.1, -0.05) is 12.1 Å². The Morgan fingerprint density at radius 2 is 1.92 bits per heavy atom. The van der Waals surface area contributed by atoms with Gasteiger partial charge < -0.3 is 23.9 Å². The molecular weight excluding hydrogens is 322 g/mol. The van der Waals surface area contributed by atoms with Crippen molar-refractivity contribution in [1.29, 1.82) is 0 Å². The first-order valence-corrected chi connectivity index (χ1v) is 7.67. The van der Waals surface area contributed by atoms with Crippen molar-refractivity contribution >= 4 is 17.2 Å². The highest BCUT2D eigenvalue weighted by Crippen LogP contribution is 2.41. The molecule has 0 aliphatic heterocycles. The lowest BCUT2D eigenvalue weighted by atomic mass is 10.1. The number of H-pyrrole nitrogens is 1. The Kier molecular flexibility index (Phi) is 4.90. The molecule has 0 aliphatic carbocycles. The van der Waals surface area contributed by atoms with Crippen LogP contribution in [0.3, 0.4) is 0 Å². The number of aromatic amines is 1. The van der Waals surface area contributed by atoms with Gasteiger partial charge in [0.15, 0.2) is 24.6 Å². The van der Waals surface area contributed by atoms with E-state index in [0.717, 1.165) is 17.4 Å². The Morgan fingerprint density at radius 3 is 2.60 bits per heavy atom. The minimum absolute atomic E-state index is 0.0491. The quantitative estimate of drug-likeness (QED) is 0.525. The largest absolute Gasteiger partial charge is 0.497 e. The molecule has 0 saturated heterocycles. The zero-order valence-electron chi connectivity index (χ0n) is 14.3. The summed E-state index contributed by atoms with van der Waals surface area (Å²) in [4.78, 5) is 15.2. The summed E-state index contributed by atoms with van der Waals surface area (Å²) in [6.45, 7) is 0.0491. The molecule has 3 aromatic rings. The summed E-state index contributed by atoms with van der Waals surface area (Å²) >= 11 is 0. The van der Waals surface area contributed by atoms with Crippen LogP contribution in [0.25, 0.3) is 22.2 Å². The summed E-state index contributed by atoms with van der Waals surface area (Å²) in [5.74, 6) is 1.71. The second-order valence-corrected chi connectivity index (χ2v) is 5.33. The van der Waals surface area contributed by atoms with E-state index in [-0.39, 0.29) is 6.79 Å². The zero-order chi connectivity index (χ0) is 17.8. The summed E-state index contributed by atoms with van der Waals surface area (Å²) in [6.07, 6.45) is 0.812. The van der Waals surface area contributed by atoms with Crippen LogP contribution in [0.5, 0.6) is 17.2 Å². The number of rotatable bonds is 7. The van der Waals surface area contributed by atoms with Crippen molar-refractivity contribution < 1.29 is 23.7 Å². The fraction of sp³-hybridized carbons (Fsp3) is 0.211. The van der Waals surface area contributed by atoms with E-state index in [1.54, 1.807) is 20.3 Å². The zero-order valence-corrected chi connectivity index (χ0v) is 14.3. The Balaban J connectivity index is 2.26. The summed E-state index contributed by atoms with van der Waals surface area (Å²) < 4.78 is 21.3. The van der Waals surface area contributed by atoms with E-state index in [1.807, 2.05) is 30.3 Å². The van der Waals surface area contributed by atoms with Crippen molar-refractivity contribution in [3.63, 3.8) is 0 Å². The predicted molar refractivity (Wildman–Crippen MR) is 94.7 cm³/mol. The average Bonchev–Trinajstić information content (AvgIpc) is 3.04. The molecule has 0 radical (unpaired) electrons. The Bertz CT molecular complexity index is 900. The van der Waals surface area contributed by atoms with Crippen molar-refractivity contribution in [2.24, 2.45) is 0 Å². The summed E-state index contributed by atoms with van der Waals surface area (Å²) in [5, 5.41) is 0.657. The third-order valence-electron chi connectivity index (χ3n) is 3.94. The molecule has 3 rings (SSSR count). The topological polar surface area (TPSA) is 69.8 Å². The molecule has 25 heavy (non-hydrogen) atoms. The number of carbonyl (C=O) groups is 1. The molecule has 0 spiro atoms. The number of hydrogen-bond acceptors (Lipinski definition) is 5. The van der Waals surface area contributed by atoms with E-state index in [0.29, 0.717) is 33.9 Å². The van der Waals surface area contributed by atoms with Crippen molar-refractivity contribution in [2.75, 3.05) is 28.1 Å². The molecule has 0 bridgehead atoms. The fourth-order valence-electron chi connectivity index (χ4n) is 2.81. The van der Waals surface area contributed by atoms with Crippen LogP contribution in [0.2, 0.25) is 0 Å². The van der Waals surface area contributed by atoms with Crippen molar-refractivity contribution in [2.45, 2.75) is 0 Å². The van der Waals surface area contributed by atoms with Gasteiger partial charge in [0.1, 0.15) is 5.75 Å². The Morgan fingerprint density at radius 1 is 1.08 bits per heavy atom. The SMILES string of the molecule is COCOc1c(OC)ccc2[nH]c(-c3cccc(OC)c3)c(C=O)c12. The standard InChI is InChI=1S/C19H19NO5/c1-22-11-25-19-16(24-3)8-7-15-17(19)14(10-21)18(20-15)12-5-4-6-13(9-12)23-2/h4-10,20H,11H2,1-3H3. The molecule has 1 heterocycles. The van der Waals surface area contributed by atoms with Crippen LogP contribution < -0.4 is 14.2 Å². The highest BCUT2D eigenvalue weighted by atomic mass is 16.7. The first kappa shape index (κ1) is 16.9. The lowest BCUT2D eigenvalue weighted by Gasteiger charge is -2.11. The molecule has 0 unspecified atom stereocenters. The summed E-state index contributed by atoms with van der Waals surface area (Å²) in [6, 6.07) is 11.1. The number of aromatic nitrogens is 1. The van der Waals surface area contributed by atoms with E-state index >= 15 is 0 Å². The Hall–Kier alpha value is -2.99. The fourth-order valence-corrected chi connectivity index (χ4v) is 2.81. The minimum atomic E-state index is 0.0491. The van der Waals surface area contributed by atoms with Crippen LogP contribution in [0.15, 0.2) is 36.4 Å². The van der Waals surface area contributed by atoms with Gasteiger partial charge in [0.25, 0.3) is 0 Å². The number of ether oxygens (including phenoxy) is 4. The molecule has 0 amide bonds. The van der Waals surface area contributed by atoms with Gasteiger partial charge in [-0.15, -0.1) is 0 Å². The van der Waals surface area contributed by atoms with Gasteiger partial charge in [0, 0.05) is 12.7 Å². The number of methoxy groups -OCH3 is 3. The number of aldehydes is 1. The molecule has 130 valence electrons. The molecule has 0 fully saturated rings. The number of hydrogen-bond donors (Lipinski definition) is 1. The third kappa shape index (κ3) is 3.04. The first-order valence-electron chi connectivity index (χ1n) is 7.67. The lowest BCUT2D eigenvalue weighted by Crippen LogP contribution is -2.01. The molecule has 1 N–H and O–H groups in total. The van der Waals surface area contributed by atoms with E-state index in [2.05, 4.69) is 4.98 Å². The Labute approximate surface area is 145 Å². The maximum Gasteiger partial charge on any atom is 0.188 e. The number of carbonyl (C=O) groups excluding carboxylic acids is 1. The number of fused-ring (bicyclic) bond motifs is 1. The van der Waals surface area contributed by atoms with Gasteiger partial charge in [-0.2, -0.15) is 0 Å². The molecular formula is C19H19NO5. The van der Waals surface area contributed by atoms with E-state index in [4.69, 9.17) is 18.9 Å². The maximum atomic E-state index is 11.9. The second kappa shape index (κ2) is 7.27. The average molecular weight is 341 g/mol. The molecule has 0 atom stereocenters. The molecule has 0 aliphatic rings. The summed E-state index contributed by atoms with van der Waals surface area (Å²) in [5.41, 5.74) is 2.80. The van der Waals surface area contributed by atoms with Crippen LogP contribution >= 0.6 is 0 Å². The van der Waals surface area contributed by atoms with E-state index in [9.17, 15) is 4.79 Å². The van der Waals surface area contributed by atoms with Crippen molar-refractivity contribution in [3.8, 4) is 28.5 Å². The van der Waals surface area contributed by atoms with Gasteiger partial charge >= 0.3 is 0 Å². The van der Waals surface area contributed by atoms with Crippen LogP contribution in [-0.2, 0) is 4.74 Å². The third-order valence-corrected chi connectivity index (χ3v) is 3.94. The highest BCUT2D eigenvalue weighted by molar-refractivity contribution is 6.08. The smallest absolute Gasteiger partial charge is 0.188 e. The highest BCUT2D eigenvalue weighted by Gasteiger charge is 2.20. The molecule has 6 heteroatoms. The maximum absolute atomic E-state index is 11.9. The van der Waals surface area contributed by atoms with Crippen molar-refractivity contribution in [1.82, 2.24) is 4.98 Å². The lowest BCUT2D eigenvalue weighted by molar-refractivity contribution is 0.0503. The van der Waals surface area contributed by atoms with Crippen LogP contribution in [0, 0.1) is 0 Å². The van der Waals surface area contributed by atoms with Gasteiger partial charge in [-0.05, 0) is 24.3 Å². The second-order valence-electron chi connectivity index (χ2n) is 5.33. The summed E-state index contributed by atoms with van der Waals surface area (Å²) in [7, 11) is 4.69. The molecule has 2 aromatic carbocycles. The first-order chi connectivity index (χ1) is 12.2. The van der Waals surface area contributed by atoms with E-state index < -0.39 is 0 Å². The van der Waals surface area contributed by atoms with Crippen LogP contribution in [0.4, 0.5) is 0 Å². The van der Waals surface area contributed by atoms with Crippen molar-refractivity contribution in [3.05, 3.63) is 42.0 Å². The monoisotopic (exact) mass is 341 g/mol. The van der Waals surface area contributed by atoms with Gasteiger partial charge in [0.05, 0.1) is 36.4 Å². The number of nitrogens with one attached hydrogen (secondary N) is 1.